The van der Waals surface area contributed by atoms with Crippen molar-refractivity contribution in [3.8, 4) is 22.3 Å². The molecule has 0 N–H and O–H groups in total. The molecule has 3 aliphatic heterocycles. The summed E-state index contributed by atoms with van der Waals surface area (Å²) in [5, 5.41) is 0. The normalized spacial score (nSPS) is 18.3. The summed E-state index contributed by atoms with van der Waals surface area (Å²) in [7, 11) is 0. The van der Waals surface area contributed by atoms with Gasteiger partial charge in [-0.05, 0) is 165 Å². The molecule has 1 aliphatic carbocycles. The molecule has 9 aromatic rings. The fraction of sp³-hybridized carbons (Fsp3) is 0.229. The molecular weight excluding hydrogens is 894 g/mol. The van der Waals surface area contributed by atoms with Gasteiger partial charge < -0.3 is 14.7 Å². The van der Waals surface area contributed by atoms with Crippen LogP contribution in [-0.2, 0) is 28.2 Å². The lowest BCUT2D eigenvalue weighted by molar-refractivity contribution is 0.245. The van der Waals surface area contributed by atoms with E-state index in [0.29, 0.717) is 0 Å². The minimum Gasteiger partial charge on any atom is -0.330 e. The van der Waals surface area contributed by atoms with Gasteiger partial charge in [-0.25, -0.2) is 0 Å². The van der Waals surface area contributed by atoms with Crippen molar-refractivity contribution < 1.29 is 0 Å². The minimum absolute atomic E-state index is 0.0125. The van der Waals surface area contributed by atoms with Crippen LogP contribution in [0.1, 0.15) is 101 Å². The van der Waals surface area contributed by atoms with E-state index < -0.39 is 5.54 Å². The molecule has 0 bridgehead atoms. The molecule has 0 amide bonds. The van der Waals surface area contributed by atoms with Gasteiger partial charge in [0.2, 0.25) is 0 Å². The number of anilines is 8. The lowest BCUT2D eigenvalue weighted by atomic mass is 9.33. The molecule has 0 radical (unpaired) electrons. The first-order chi connectivity index (χ1) is 35.5. The van der Waals surface area contributed by atoms with Crippen molar-refractivity contribution >= 4 is 68.6 Å². The molecule has 0 aromatic heterocycles. The zero-order valence-electron chi connectivity index (χ0n) is 44.8. The van der Waals surface area contributed by atoms with E-state index in [-0.39, 0.29) is 23.0 Å². The summed E-state index contributed by atoms with van der Waals surface area (Å²) in [6.45, 7) is 23.7. The van der Waals surface area contributed by atoms with E-state index in [0.717, 1.165) is 24.2 Å². The number of nitrogens with zero attached hydrogens (tertiary/aromatic N) is 3. The Morgan fingerprint density at radius 2 is 0.959 bits per heavy atom. The molecular formula is C70H66BN3. The van der Waals surface area contributed by atoms with E-state index in [1.165, 1.54) is 112 Å². The van der Waals surface area contributed by atoms with Crippen LogP contribution in [0.4, 0.5) is 45.5 Å². The first-order valence-electron chi connectivity index (χ1n) is 26.9. The molecule has 4 heteroatoms. The first-order valence-corrected chi connectivity index (χ1v) is 26.9. The molecule has 2 atom stereocenters. The van der Waals surface area contributed by atoms with E-state index in [9.17, 15) is 0 Å². The van der Waals surface area contributed by atoms with Crippen molar-refractivity contribution in [3.05, 3.63) is 233 Å². The summed E-state index contributed by atoms with van der Waals surface area (Å²) in [5.41, 5.74) is 27.6. The van der Waals surface area contributed by atoms with Crippen molar-refractivity contribution in [2.45, 2.75) is 104 Å². The van der Waals surface area contributed by atoms with E-state index in [1.807, 2.05) is 0 Å². The van der Waals surface area contributed by atoms with Gasteiger partial charge in [0.1, 0.15) is 0 Å². The summed E-state index contributed by atoms with van der Waals surface area (Å²) in [6.07, 6.45) is 2.12. The third-order valence-corrected chi connectivity index (χ3v) is 17.7. The number of benzene rings is 9. The molecule has 9 aromatic carbocycles. The Hall–Kier alpha value is -7.56. The molecule has 0 fully saturated rings. The summed E-state index contributed by atoms with van der Waals surface area (Å²) >= 11 is 0. The van der Waals surface area contributed by atoms with Gasteiger partial charge in [0.05, 0.1) is 5.54 Å². The highest BCUT2D eigenvalue weighted by Gasteiger charge is 2.60. The Bertz CT molecular complexity index is 3690. The Kier molecular flexibility index (Phi) is 10.3. The maximum Gasteiger partial charge on any atom is 0.252 e. The molecule has 13 rings (SSSR count). The maximum atomic E-state index is 2.80. The van der Waals surface area contributed by atoms with E-state index in [4.69, 9.17) is 0 Å². The van der Waals surface area contributed by atoms with Crippen LogP contribution in [0, 0.1) is 13.8 Å². The molecule has 364 valence electrons. The Balaban J connectivity index is 1.16. The van der Waals surface area contributed by atoms with Gasteiger partial charge in [0.25, 0.3) is 6.71 Å². The molecule has 3 nitrogen and oxygen atoms in total. The Morgan fingerprint density at radius 3 is 1.58 bits per heavy atom. The van der Waals surface area contributed by atoms with E-state index in [2.05, 4.69) is 278 Å². The van der Waals surface area contributed by atoms with Crippen LogP contribution >= 0.6 is 0 Å². The van der Waals surface area contributed by atoms with Gasteiger partial charge in [-0.2, -0.15) is 0 Å². The topological polar surface area (TPSA) is 9.72 Å². The predicted molar refractivity (Wildman–Crippen MR) is 316 cm³/mol. The fourth-order valence-electron chi connectivity index (χ4n) is 13.7. The number of fused-ring (bicyclic) bond motifs is 9. The van der Waals surface area contributed by atoms with Gasteiger partial charge in [-0.1, -0.05) is 200 Å². The van der Waals surface area contributed by atoms with Crippen LogP contribution < -0.4 is 31.1 Å². The van der Waals surface area contributed by atoms with Crippen molar-refractivity contribution in [2.24, 2.45) is 0 Å². The van der Waals surface area contributed by atoms with Crippen LogP contribution in [-0.4, -0.2) is 6.71 Å². The summed E-state index contributed by atoms with van der Waals surface area (Å²) in [4.78, 5) is 8.02. The summed E-state index contributed by atoms with van der Waals surface area (Å²) in [5.74, 6) is 0. The SMILES string of the molecule is Cc1cc(C)c2c(c1)C1(C)CCc3ccccc3C1(C)N2c1cc2c3c(c1)N(c1ccc(C(C)(C)C)cc1)c1ccc(C(C)(C)C)cc1B3c1cc(-c3ccccc3)ccc1N2c1ccc(-c2ccccc2)cc1. The van der Waals surface area contributed by atoms with Crippen molar-refractivity contribution in [2.75, 3.05) is 14.7 Å². The van der Waals surface area contributed by atoms with E-state index >= 15 is 0 Å². The average molecular weight is 960 g/mol. The third kappa shape index (κ3) is 6.86. The quantitative estimate of drug-likeness (QED) is 0.159. The zero-order valence-corrected chi connectivity index (χ0v) is 44.8. The fourth-order valence-corrected chi connectivity index (χ4v) is 13.7. The lowest BCUT2D eigenvalue weighted by Crippen LogP contribution is -2.61. The van der Waals surface area contributed by atoms with Crippen molar-refractivity contribution in [1.82, 2.24) is 0 Å². The zero-order chi connectivity index (χ0) is 51.1. The number of hydrogen-bond acceptors (Lipinski definition) is 3. The highest BCUT2D eigenvalue weighted by molar-refractivity contribution is 7.00. The molecule has 74 heavy (non-hydrogen) atoms. The lowest BCUT2D eigenvalue weighted by Gasteiger charge is -2.52. The van der Waals surface area contributed by atoms with Gasteiger partial charge in [0, 0.05) is 50.9 Å². The van der Waals surface area contributed by atoms with Crippen molar-refractivity contribution in [3.63, 3.8) is 0 Å². The second kappa shape index (κ2) is 16.5. The summed E-state index contributed by atoms with van der Waals surface area (Å²) in [6, 6.07) is 74.6. The van der Waals surface area contributed by atoms with Gasteiger partial charge in [0.15, 0.2) is 0 Å². The Labute approximate surface area is 440 Å². The van der Waals surface area contributed by atoms with Gasteiger partial charge in [-0.15, -0.1) is 0 Å². The van der Waals surface area contributed by atoms with E-state index in [1.54, 1.807) is 0 Å². The number of aryl methyl sites for hydroxylation is 3. The Morgan fingerprint density at radius 1 is 0.446 bits per heavy atom. The van der Waals surface area contributed by atoms with Crippen molar-refractivity contribution in [1.29, 1.82) is 0 Å². The van der Waals surface area contributed by atoms with Gasteiger partial charge in [-0.3, -0.25) is 0 Å². The first kappa shape index (κ1) is 46.2. The van der Waals surface area contributed by atoms with Crippen LogP contribution in [0.25, 0.3) is 22.3 Å². The maximum absolute atomic E-state index is 2.80. The standard InChI is InChI=1S/C70H66BN3/c1-45-39-46(2)66-58(40-45)69(9)38-37-50-23-17-18-24-57(50)70(69,10)74(66)56-43-63-65-64(44-56)73(55-33-28-52(29-34-55)67(3,4)5)62-36-30-53(68(6,7)8)42-60(62)71(65)59-41-51(48-21-15-12-16-22-48)27-35-61(59)72(63)54-31-25-49(26-32-54)47-19-13-11-14-20-47/h11-36,39-44H,37-38H2,1-10H3. The average Bonchev–Trinajstić information content (AvgIpc) is 3.68. The molecule has 4 aliphatic rings. The molecule has 3 heterocycles. The van der Waals surface area contributed by atoms with Crippen LogP contribution in [0.2, 0.25) is 0 Å². The van der Waals surface area contributed by atoms with Crippen LogP contribution in [0.3, 0.4) is 0 Å². The van der Waals surface area contributed by atoms with Gasteiger partial charge >= 0.3 is 0 Å². The minimum atomic E-state index is -0.393. The second-order valence-electron chi connectivity index (χ2n) is 24.2. The predicted octanol–water partition coefficient (Wildman–Crippen LogP) is 16.6. The highest BCUT2D eigenvalue weighted by atomic mass is 15.3. The summed E-state index contributed by atoms with van der Waals surface area (Å²) < 4.78 is 0. The highest BCUT2D eigenvalue weighted by Crippen LogP contribution is 2.65. The molecule has 0 saturated heterocycles. The number of rotatable bonds is 5. The smallest absolute Gasteiger partial charge is 0.252 e. The van der Waals surface area contributed by atoms with Crippen LogP contribution in [0.15, 0.2) is 194 Å². The largest absolute Gasteiger partial charge is 0.330 e. The molecule has 0 spiro atoms. The number of hydrogen-bond donors (Lipinski definition) is 0. The third-order valence-electron chi connectivity index (χ3n) is 17.7. The molecule has 2 unspecified atom stereocenters. The van der Waals surface area contributed by atoms with Crippen LogP contribution in [0.5, 0.6) is 0 Å². The molecule has 0 saturated carbocycles. The monoisotopic (exact) mass is 960 g/mol. The second-order valence-corrected chi connectivity index (χ2v) is 24.2.